The minimum atomic E-state index is -0.905. The highest BCUT2D eigenvalue weighted by molar-refractivity contribution is 5.94. The van der Waals surface area contributed by atoms with Gasteiger partial charge in [-0.05, 0) is 57.7 Å². The van der Waals surface area contributed by atoms with Crippen LogP contribution in [0, 0.1) is 31.1 Å². The zero-order valence-corrected chi connectivity index (χ0v) is 15.0. The molecule has 2 aromatic rings. The summed E-state index contributed by atoms with van der Waals surface area (Å²) in [4.78, 5) is 33.1. The van der Waals surface area contributed by atoms with Gasteiger partial charge in [-0.3, -0.25) is 4.79 Å². The van der Waals surface area contributed by atoms with Crippen molar-refractivity contribution in [2.45, 2.75) is 39.2 Å². The van der Waals surface area contributed by atoms with Crippen LogP contribution >= 0.6 is 0 Å². The lowest BCUT2D eigenvalue weighted by atomic mass is 9.98. The number of nitriles is 1. The van der Waals surface area contributed by atoms with E-state index in [2.05, 4.69) is 21.4 Å². The summed E-state index contributed by atoms with van der Waals surface area (Å²) in [6.45, 7) is 4.98. The van der Waals surface area contributed by atoms with Crippen LogP contribution in [-0.4, -0.2) is 34.0 Å². The highest BCUT2D eigenvalue weighted by Crippen LogP contribution is 2.39. The number of rotatable bonds is 5. The van der Waals surface area contributed by atoms with Gasteiger partial charge < -0.3 is 10.1 Å². The first kappa shape index (κ1) is 17.8. The van der Waals surface area contributed by atoms with Crippen LogP contribution in [0.3, 0.4) is 0 Å². The average molecular weight is 352 g/mol. The van der Waals surface area contributed by atoms with Crippen LogP contribution < -0.4 is 5.32 Å². The Balaban J connectivity index is 1.64. The van der Waals surface area contributed by atoms with E-state index >= 15 is 0 Å². The standard InChI is InChI=1S/C19H20N4O3/c1-11-12(2)22-16-8-13(4-7-15(16)21-11)18(25)26-9-17(24)23-19(3,10-20)14-5-6-14/h4,7-8,14H,5-6,9H2,1-3H3,(H,23,24)/t19-/m1/s1. The van der Waals surface area contributed by atoms with E-state index in [-0.39, 0.29) is 5.92 Å². The van der Waals surface area contributed by atoms with Crippen molar-refractivity contribution >= 4 is 22.9 Å². The molecule has 0 spiro atoms. The minimum Gasteiger partial charge on any atom is -0.452 e. The predicted octanol–water partition coefficient (Wildman–Crippen LogP) is 2.21. The lowest BCUT2D eigenvalue weighted by Gasteiger charge is -2.22. The summed E-state index contributed by atoms with van der Waals surface area (Å²) in [6.07, 6.45) is 1.84. The van der Waals surface area contributed by atoms with E-state index in [9.17, 15) is 14.9 Å². The summed E-state index contributed by atoms with van der Waals surface area (Å²) in [7, 11) is 0. The number of amides is 1. The van der Waals surface area contributed by atoms with Crippen LogP contribution in [0.4, 0.5) is 0 Å². The maximum absolute atomic E-state index is 12.2. The third kappa shape index (κ3) is 3.64. The maximum Gasteiger partial charge on any atom is 0.338 e. The first-order chi connectivity index (χ1) is 12.3. The molecule has 1 atom stereocenters. The van der Waals surface area contributed by atoms with Gasteiger partial charge in [-0.2, -0.15) is 5.26 Å². The van der Waals surface area contributed by atoms with E-state index < -0.39 is 24.0 Å². The van der Waals surface area contributed by atoms with E-state index in [4.69, 9.17) is 4.74 Å². The second-order valence-electron chi connectivity index (χ2n) is 6.81. The first-order valence-electron chi connectivity index (χ1n) is 8.47. The predicted molar refractivity (Wildman–Crippen MR) is 94.2 cm³/mol. The topological polar surface area (TPSA) is 105 Å². The van der Waals surface area contributed by atoms with Crippen molar-refractivity contribution in [2.75, 3.05) is 6.61 Å². The quantitative estimate of drug-likeness (QED) is 0.827. The molecule has 1 aliphatic rings. The van der Waals surface area contributed by atoms with Crippen molar-refractivity contribution in [1.82, 2.24) is 15.3 Å². The number of carbonyl (C=O) groups excluding carboxylic acids is 2. The van der Waals surface area contributed by atoms with E-state index in [1.165, 1.54) is 0 Å². The Labute approximate surface area is 151 Å². The van der Waals surface area contributed by atoms with Gasteiger partial charge in [-0.25, -0.2) is 14.8 Å². The van der Waals surface area contributed by atoms with E-state index in [1.54, 1.807) is 25.1 Å². The molecule has 0 saturated heterocycles. The normalized spacial score (nSPS) is 15.8. The summed E-state index contributed by atoms with van der Waals surface area (Å²) in [5, 5.41) is 11.9. The van der Waals surface area contributed by atoms with E-state index in [1.807, 2.05) is 13.8 Å². The largest absolute Gasteiger partial charge is 0.452 e. The molecule has 0 aliphatic heterocycles. The number of ether oxygens (including phenoxy) is 1. The molecule has 1 heterocycles. The number of carbonyl (C=O) groups is 2. The SMILES string of the molecule is Cc1nc2ccc(C(=O)OCC(=O)N[C@](C)(C#N)C3CC3)cc2nc1C. The molecule has 1 fully saturated rings. The lowest BCUT2D eigenvalue weighted by molar-refractivity contribution is -0.125. The van der Waals surface area contributed by atoms with Gasteiger partial charge >= 0.3 is 5.97 Å². The van der Waals surface area contributed by atoms with Crippen molar-refractivity contribution in [2.24, 2.45) is 5.92 Å². The Morgan fingerprint density at radius 1 is 1.27 bits per heavy atom. The van der Waals surface area contributed by atoms with Crippen LogP contribution in [0.5, 0.6) is 0 Å². The number of fused-ring (bicyclic) bond motifs is 1. The lowest BCUT2D eigenvalue weighted by Crippen LogP contribution is -2.48. The van der Waals surface area contributed by atoms with Crippen molar-refractivity contribution in [3.8, 4) is 6.07 Å². The van der Waals surface area contributed by atoms with Crippen LogP contribution in [-0.2, 0) is 9.53 Å². The Hall–Kier alpha value is -3.01. The smallest absolute Gasteiger partial charge is 0.338 e. The molecular formula is C19H20N4O3. The van der Waals surface area contributed by atoms with Crippen LogP contribution in [0.25, 0.3) is 11.0 Å². The Morgan fingerprint density at radius 2 is 1.92 bits per heavy atom. The van der Waals surface area contributed by atoms with Gasteiger partial charge in [-0.15, -0.1) is 0 Å². The first-order valence-corrected chi connectivity index (χ1v) is 8.47. The monoisotopic (exact) mass is 352 g/mol. The third-order valence-electron chi connectivity index (χ3n) is 4.67. The highest BCUT2D eigenvalue weighted by Gasteiger charge is 2.43. The van der Waals surface area contributed by atoms with E-state index in [0.29, 0.717) is 16.6 Å². The number of nitrogens with one attached hydrogen (secondary N) is 1. The Morgan fingerprint density at radius 3 is 2.54 bits per heavy atom. The van der Waals surface area contributed by atoms with Gasteiger partial charge in [0.1, 0.15) is 5.54 Å². The second-order valence-corrected chi connectivity index (χ2v) is 6.81. The maximum atomic E-state index is 12.2. The summed E-state index contributed by atoms with van der Waals surface area (Å²) in [6, 6.07) is 7.02. The van der Waals surface area contributed by atoms with Crippen LogP contribution in [0.15, 0.2) is 18.2 Å². The molecule has 1 aromatic carbocycles. The molecule has 1 N–H and O–H groups in total. The number of aromatic nitrogens is 2. The molecule has 0 radical (unpaired) electrons. The van der Waals surface area contributed by atoms with Gasteiger partial charge in [0.2, 0.25) is 0 Å². The number of nitrogens with zero attached hydrogens (tertiary/aromatic N) is 3. The van der Waals surface area contributed by atoms with Crippen LogP contribution in [0.2, 0.25) is 0 Å². The molecule has 0 unspecified atom stereocenters. The van der Waals surface area contributed by atoms with Gasteiger partial charge in [0, 0.05) is 0 Å². The van der Waals surface area contributed by atoms with Crippen molar-refractivity contribution < 1.29 is 14.3 Å². The summed E-state index contributed by atoms with van der Waals surface area (Å²) in [5.41, 5.74) is 2.30. The number of aryl methyl sites for hydroxylation is 2. The molecule has 1 aliphatic carbocycles. The zero-order valence-electron chi connectivity index (χ0n) is 15.0. The summed E-state index contributed by atoms with van der Waals surface area (Å²) < 4.78 is 5.07. The summed E-state index contributed by atoms with van der Waals surface area (Å²) >= 11 is 0. The molecule has 1 amide bonds. The molecule has 1 aromatic heterocycles. The second kappa shape index (κ2) is 6.71. The van der Waals surface area contributed by atoms with Gasteiger partial charge in [0.15, 0.2) is 6.61 Å². The Bertz CT molecular complexity index is 930. The molecule has 3 rings (SSSR count). The molecule has 1 saturated carbocycles. The molecule has 7 nitrogen and oxygen atoms in total. The number of esters is 1. The molecule has 0 bridgehead atoms. The average Bonchev–Trinajstić information content (AvgIpc) is 3.46. The molecule has 7 heteroatoms. The van der Waals surface area contributed by atoms with Crippen molar-refractivity contribution in [1.29, 1.82) is 5.26 Å². The fourth-order valence-corrected chi connectivity index (χ4v) is 2.78. The minimum absolute atomic E-state index is 0.165. The van der Waals surface area contributed by atoms with Gasteiger partial charge in [0.05, 0.1) is 34.1 Å². The van der Waals surface area contributed by atoms with Gasteiger partial charge in [0.25, 0.3) is 5.91 Å². The highest BCUT2D eigenvalue weighted by atomic mass is 16.5. The molecule has 134 valence electrons. The van der Waals surface area contributed by atoms with Crippen LogP contribution in [0.1, 0.15) is 41.5 Å². The number of hydrogen-bond acceptors (Lipinski definition) is 6. The molecule has 26 heavy (non-hydrogen) atoms. The number of benzene rings is 1. The fourth-order valence-electron chi connectivity index (χ4n) is 2.78. The third-order valence-corrected chi connectivity index (χ3v) is 4.67. The fraction of sp³-hybridized carbons (Fsp3) is 0.421. The zero-order chi connectivity index (χ0) is 18.9. The van der Waals surface area contributed by atoms with Crippen molar-refractivity contribution in [3.63, 3.8) is 0 Å². The van der Waals surface area contributed by atoms with E-state index in [0.717, 1.165) is 24.2 Å². The molecular weight excluding hydrogens is 332 g/mol. The van der Waals surface area contributed by atoms with Gasteiger partial charge in [-0.1, -0.05) is 0 Å². The Kier molecular flexibility index (Phi) is 4.60. The summed E-state index contributed by atoms with van der Waals surface area (Å²) in [5.74, 6) is -0.938. The van der Waals surface area contributed by atoms with Crippen molar-refractivity contribution in [3.05, 3.63) is 35.2 Å². The number of hydrogen-bond donors (Lipinski definition) is 1.